The SMILES string of the molecule is Cc1nnc(SCC(=O)N2[C@H](C)CCC[C@@H]2C)n1-c1ccc(Cl)cc1. The molecule has 1 aromatic heterocycles. The smallest absolute Gasteiger partial charge is 0.233 e. The number of piperidine rings is 1. The van der Waals surface area contributed by atoms with E-state index >= 15 is 0 Å². The highest BCUT2D eigenvalue weighted by atomic mass is 35.5. The van der Waals surface area contributed by atoms with E-state index < -0.39 is 0 Å². The van der Waals surface area contributed by atoms with Crippen molar-refractivity contribution < 1.29 is 4.79 Å². The zero-order valence-electron chi connectivity index (χ0n) is 14.8. The molecule has 0 spiro atoms. The predicted molar refractivity (Wildman–Crippen MR) is 101 cm³/mol. The summed E-state index contributed by atoms with van der Waals surface area (Å²) in [5.74, 6) is 1.34. The molecule has 1 aliphatic rings. The monoisotopic (exact) mass is 378 g/mol. The summed E-state index contributed by atoms with van der Waals surface area (Å²) in [5, 5.41) is 9.83. The summed E-state index contributed by atoms with van der Waals surface area (Å²) in [4.78, 5) is 14.8. The molecule has 0 unspecified atom stereocenters. The Bertz CT molecular complexity index is 736. The fourth-order valence-electron chi connectivity index (χ4n) is 3.44. The van der Waals surface area contributed by atoms with Crippen molar-refractivity contribution in [2.24, 2.45) is 0 Å². The number of carbonyl (C=O) groups excluding carboxylic acids is 1. The van der Waals surface area contributed by atoms with E-state index in [9.17, 15) is 4.79 Å². The summed E-state index contributed by atoms with van der Waals surface area (Å²) in [5.41, 5.74) is 0.946. The second kappa shape index (κ2) is 7.79. The molecule has 134 valence electrons. The number of hydrogen-bond acceptors (Lipinski definition) is 4. The molecule has 1 saturated heterocycles. The van der Waals surface area contributed by atoms with Gasteiger partial charge in [-0.15, -0.1) is 10.2 Å². The molecule has 0 radical (unpaired) electrons. The topological polar surface area (TPSA) is 51.0 Å². The Balaban J connectivity index is 1.74. The second-order valence-electron chi connectivity index (χ2n) is 6.56. The van der Waals surface area contributed by atoms with Gasteiger partial charge in [0.2, 0.25) is 5.91 Å². The van der Waals surface area contributed by atoms with Crippen LogP contribution >= 0.6 is 23.4 Å². The fourth-order valence-corrected chi connectivity index (χ4v) is 4.43. The van der Waals surface area contributed by atoms with E-state index in [1.807, 2.05) is 40.7 Å². The number of likely N-dealkylation sites (tertiary alicyclic amines) is 1. The van der Waals surface area contributed by atoms with Crippen molar-refractivity contribution in [3.8, 4) is 5.69 Å². The summed E-state index contributed by atoms with van der Waals surface area (Å²) in [7, 11) is 0. The normalized spacial score (nSPS) is 20.7. The van der Waals surface area contributed by atoms with Crippen molar-refractivity contribution >= 4 is 29.3 Å². The van der Waals surface area contributed by atoms with Crippen LogP contribution < -0.4 is 0 Å². The van der Waals surface area contributed by atoms with Crippen LogP contribution in [-0.2, 0) is 4.79 Å². The molecule has 0 bridgehead atoms. The van der Waals surface area contributed by atoms with Crippen molar-refractivity contribution in [3.05, 3.63) is 35.1 Å². The molecule has 0 N–H and O–H groups in total. The van der Waals surface area contributed by atoms with E-state index in [2.05, 4.69) is 24.0 Å². The van der Waals surface area contributed by atoms with Crippen molar-refractivity contribution in [1.82, 2.24) is 19.7 Å². The average Bonchev–Trinajstić information content (AvgIpc) is 2.94. The van der Waals surface area contributed by atoms with Gasteiger partial charge in [-0.2, -0.15) is 0 Å². The van der Waals surface area contributed by atoms with Crippen LogP contribution in [0.5, 0.6) is 0 Å². The maximum atomic E-state index is 12.7. The van der Waals surface area contributed by atoms with Gasteiger partial charge in [0.1, 0.15) is 5.82 Å². The number of carbonyl (C=O) groups is 1. The van der Waals surface area contributed by atoms with E-state index in [0.717, 1.165) is 29.5 Å². The highest BCUT2D eigenvalue weighted by Gasteiger charge is 2.29. The second-order valence-corrected chi connectivity index (χ2v) is 7.94. The standard InChI is InChI=1S/C18H23ClN4OS/c1-12-5-4-6-13(2)22(12)17(24)11-25-18-21-20-14(3)23(18)16-9-7-15(19)8-10-16/h7-10,12-13H,4-6,11H2,1-3H3/t12-,13+. The summed E-state index contributed by atoms with van der Waals surface area (Å²) in [6.07, 6.45) is 3.37. The first-order chi connectivity index (χ1) is 12.0. The molecule has 1 amide bonds. The number of nitrogens with zero attached hydrogens (tertiary/aromatic N) is 4. The van der Waals surface area contributed by atoms with E-state index in [1.54, 1.807) is 0 Å². The van der Waals surface area contributed by atoms with Gasteiger partial charge in [0, 0.05) is 22.8 Å². The molecule has 2 aromatic rings. The molecule has 2 heterocycles. The average molecular weight is 379 g/mol. The third-order valence-electron chi connectivity index (χ3n) is 4.69. The highest BCUT2D eigenvalue weighted by molar-refractivity contribution is 7.99. The van der Waals surface area contributed by atoms with E-state index in [-0.39, 0.29) is 5.91 Å². The van der Waals surface area contributed by atoms with Gasteiger partial charge < -0.3 is 4.90 Å². The summed E-state index contributed by atoms with van der Waals surface area (Å²) >= 11 is 7.41. The minimum atomic E-state index is 0.174. The number of amides is 1. The molecule has 1 aliphatic heterocycles. The van der Waals surface area contributed by atoms with Gasteiger partial charge in [0.15, 0.2) is 5.16 Å². The Hall–Kier alpha value is -1.53. The molecule has 1 fully saturated rings. The minimum Gasteiger partial charge on any atom is -0.337 e. The van der Waals surface area contributed by atoms with Crippen molar-refractivity contribution in [2.45, 2.75) is 57.3 Å². The number of aromatic nitrogens is 3. The van der Waals surface area contributed by atoms with Crippen LogP contribution in [-0.4, -0.2) is 43.4 Å². The molecule has 0 aliphatic carbocycles. The first-order valence-electron chi connectivity index (χ1n) is 8.59. The van der Waals surface area contributed by atoms with E-state index in [4.69, 9.17) is 11.6 Å². The van der Waals surface area contributed by atoms with Crippen molar-refractivity contribution in [1.29, 1.82) is 0 Å². The minimum absolute atomic E-state index is 0.174. The summed E-state index contributed by atoms with van der Waals surface area (Å²) in [6.45, 7) is 6.18. The van der Waals surface area contributed by atoms with E-state index in [0.29, 0.717) is 22.9 Å². The molecule has 3 rings (SSSR count). The highest BCUT2D eigenvalue weighted by Crippen LogP contribution is 2.26. The van der Waals surface area contributed by atoms with Gasteiger partial charge in [-0.3, -0.25) is 9.36 Å². The van der Waals surface area contributed by atoms with Gasteiger partial charge in [0.05, 0.1) is 5.75 Å². The zero-order valence-corrected chi connectivity index (χ0v) is 16.3. The number of aryl methyl sites for hydroxylation is 1. The fraction of sp³-hybridized carbons (Fsp3) is 0.500. The van der Waals surface area contributed by atoms with Crippen molar-refractivity contribution in [2.75, 3.05) is 5.75 Å². The summed E-state index contributed by atoms with van der Waals surface area (Å²) in [6, 6.07) is 8.17. The van der Waals surface area contributed by atoms with Crippen LogP contribution in [0.15, 0.2) is 29.4 Å². The predicted octanol–water partition coefficient (Wildman–Crippen LogP) is 4.11. The lowest BCUT2D eigenvalue weighted by Crippen LogP contribution is -2.48. The number of hydrogen-bond donors (Lipinski definition) is 0. The zero-order chi connectivity index (χ0) is 18.0. The Morgan fingerprint density at radius 1 is 1.20 bits per heavy atom. The first-order valence-corrected chi connectivity index (χ1v) is 9.95. The number of benzene rings is 1. The van der Waals surface area contributed by atoms with Crippen LogP contribution in [0.4, 0.5) is 0 Å². The number of halogens is 1. The molecule has 5 nitrogen and oxygen atoms in total. The first kappa shape index (κ1) is 18.3. The maximum absolute atomic E-state index is 12.7. The molecule has 1 aromatic carbocycles. The van der Waals surface area contributed by atoms with Crippen LogP contribution in [0.25, 0.3) is 5.69 Å². The van der Waals surface area contributed by atoms with Gasteiger partial charge in [-0.25, -0.2) is 0 Å². The lowest BCUT2D eigenvalue weighted by Gasteiger charge is -2.39. The lowest BCUT2D eigenvalue weighted by atomic mass is 9.98. The van der Waals surface area contributed by atoms with Crippen LogP contribution in [0.3, 0.4) is 0 Å². The summed E-state index contributed by atoms with van der Waals surface area (Å²) < 4.78 is 1.96. The van der Waals surface area contributed by atoms with Gasteiger partial charge in [-0.05, 0) is 64.3 Å². The molecular formula is C18H23ClN4OS. The number of thioether (sulfide) groups is 1. The van der Waals surface area contributed by atoms with Gasteiger partial charge in [-0.1, -0.05) is 23.4 Å². The quantitative estimate of drug-likeness (QED) is 0.751. The molecule has 25 heavy (non-hydrogen) atoms. The van der Waals surface area contributed by atoms with Crippen LogP contribution in [0.1, 0.15) is 38.9 Å². The van der Waals surface area contributed by atoms with Crippen molar-refractivity contribution in [3.63, 3.8) is 0 Å². The molecule has 7 heteroatoms. The third kappa shape index (κ3) is 4.01. The Morgan fingerprint density at radius 3 is 2.48 bits per heavy atom. The van der Waals surface area contributed by atoms with Crippen LogP contribution in [0, 0.1) is 6.92 Å². The Morgan fingerprint density at radius 2 is 1.84 bits per heavy atom. The molecule has 2 atom stereocenters. The van der Waals surface area contributed by atoms with Gasteiger partial charge in [0.25, 0.3) is 0 Å². The van der Waals surface area contributed by atoms with E-state index in [1.165, 1.54) is 18.2 Å². The lowest BCUT2D eigenvalue weighted by molar-refractivity contribution is -0.134. The maximum Gasteiger partial charge on any atom is 0.233 e. The molecule has 0 saturated carbocycles. The third-order valence-corrected chi connectivity index (χ3v) is 5.85. The Labute approximate surface area is 157 Å². The van der Waals surface area contributed by atoms with Crippen LogP contribution in [0.2, 0.25) is 5.02 Å². The Kier molecular flexibility index (Phi) is 5.69. The van der Waals surface area contributed by atoms with Gasteiger partial charge >= 0.3 is 0 Å². The molecular weight excluding hydrogens is 356 g/mol. The number of rotatable bonds is 4. The largest absolute Gasteiger partial charge is 0.337 e.